The number of carbonyl (C=O) groups is 1. The third kappa shape index (κ3) is 5.44. The van der Waals surface area contributed by atoms with Gasteiger partial charge in [0.15, 0.2) is 9.84 Å². The minimum Gasteiger partial charge on any atom is -0.349 e. The summed E-state index contributed by atoms with van der Waals surface area (Å²) in [5.41, 5.74) is -8.00. The lowest BCUT2D eigenvalue weighted by Gasteiger charge is -2.47. The average Bonchev–Trinajstić information content (AvgIpc) is 2.89. The minimum atomic E-state index is -6.20. The Balaban J connectivity index is 1.83. The number of carbonyl (C=O) groups excluding carboxylic acids is 1. The van der Waals surface area contributed by atoms with E-state index in [4.69, 9.17) is 0 Å². The standard InChI is InChI=1S/C29H24F9NO4S/c1-39(2)25(40)17-14-26(15-17,44(41,42)21-12-10-20(30)11-13-21)18-6-8-19(9-7-18)27(28(33,34)35,29(36,37)38)43-16-22-23(31)4-3-5-24(22)32/h3-13,17H,14-16H2,1-2H3. The largest absolute Gasteiger partial charge is 0.430 e. The van der Waals surface area contributed by atoms with Gasteiger partial charge in [-0.2, -0.15) is 26.3 Å². The van der Waals surface area contributed by atoms with Crippen LogP contribution in [-0.2, 0) is 36.3 Å². The lowest BCUT2D eigenvalue weighted by molar-refractivity contribution is -0.392. The van der Waals surface area contributed by atoms with Crippen LogP contribution in [-0.4, -0.2) is 45.7 Å². The smallest absolute Gasteiger partial charge is 0.349 e. The molecular weight excluding hydrogens is 629 g/mol. The van der Waals surface area contributed by atoms with Crippen molar-refractivity contribution in [3.05, 3.63) is 101 Å². The third-order valence-electron chi connectivity index (χ3n) is 7.69. The van der Waals surface area contributed by atoms with E-state index in [1.54, 1.807) is 0 Å². The molecule has 0 aliphatic heterocycles. The summed E-state index contributed by atoms with van der Waals surface area (Å²) in [5.74, 6) is -4.92. The van der Waals surface area contributed by atoms with Gasteiger partial charge in [-0.05, 0) is 54.8 Å². The summed E-state index contributed by atoms with van der Waals surface area (Å²) in [6.45, 7) is -1.75. The highest BCUT2D eigenvalue weighted by atomic mass is 32.2. The van der Waals surface area contributed by atoms with Crippen LogP contribution in [0.2, 0.25) is 0 Å². The van der Waals surface area contributed by atoms with Crippen LogP contribution in [0.15, 0.2) is 71.6 Å². The SMILES string of the molecule is CN(C)C(=O)C1CC(c2ccc(C(OCc3c(F)cccc3F)(C(F)(F)F)C(F)(F)F)cc2)(S(=O)(=O)c2ccc(F)cc2)C1. The summed E-state index contributed by atoms with van der Waals surface area (Å²) in [6, 6.07) is 7.99. The number of ether oxygens (including phenoxy) is 1. The molecule has 5 nitrogen and oxygen atoms in total. The molecular formula is C29H24F9NO4S. The van der Waals surface area contributed by atoms with E-state index in [1.807, 2.05) is 0 Å². The normalized spacial score (nSPS) is 19.4. The molecule has 3 aromatic rings. The van der Waals surface area contributed by atoms with Gasteiger partial charge >= 0.3 is 12.4 Å². The van der Waals surface area contributed by atoms with E-state index in [1.165, 1.54) is 19.0 Å². The van der Waals surface area contributed by atoms with Crippen molar-refractivity contribution < 1.29 is 57.5 Å². The van der Waals surface area contributed by atoms with Crippen LogP contribution in [0.5, 0.6) is 0 Å². The van der Waals surface area contributed by atoms with Crippen molar-refractivity contribution in [2.75, 3.05) is 14.1 Å². The molecule has 1 aliphatic carbocycles. The molecule has 0 aromatic heterocycles. The van der Waals surface area contributed by atoms with E-state index in [2.05, 4.69) is 4.74 Å². The summed E-state index contributed by atoms with van der Waals surface area (Å²) in [6.07, 6.45) is -13.1. The first-order chi connectivity index (χ1) is 20.3. The van der Waals surface area contributed by atoms with Gasteiger partial charge in [0, 0.05) is 31.1 Å². The van der Waals surface area contributed by atoms with E-state index in [-0.39, 0.29) is 23.3 Å². The van der Waals surface area contributed by atoms with Gasteiger partial charge in [0.05, 0.1) is 11.5 Å². The van der Waals surface area contributed by atoms with Crippen LogP contribution in [0.1, 0.15) is 29.5 Å². The quantitative estimate of drug-likeness (QED) is 0.198. The Morgan fingerprint density at radius 3 is 1.80 bits per heavy atom. The van der Waals surface area contributed by atoms with E-state index in [0.29, 0.717) is 24.3 Å². The van der Waals surface area contributed by atoms with Gasteiger partial charge in [-0.3, -0.25) is 4.79 Å². The number of sulfone groups is 1. The maximum atomic E-state index is 14.3. The second-order valence-corrected chi connectivity index (χ2v) is 12.8. The summed E-state index contributed by atoms with van der Waals surface area (Å²) >= 11 is 0. The Morgan fingerprint density at radius 1 is 0.841 bits per heavy atom. The van der Waals surface area contributed by atoms with E-state index < -0.39 is 79.5 Å². The van der Waals surface area contributed by atoms with Gasteiger partial charge in [-0.25, -0.2) is 21.6 Å². The molecule has 0 N–H and O–H groups in total. The van der Waals surface area contributed by atoms with Gasteiger partial charge in [0.2, 0.25) is 5.91 Å². The van der Waals surface area contributed by atoms with Gasteiger partial charge in [-0.1, -0.05) is 30.3 Å². The number of benzene rings is 3. The number of amides is 1. The van der Waals surface area contributed by atoms with Crippen molar-refractivity contribution in [3.63, 3.8) is 0 Å². The fourth-order valence-electron chi connectivity index (χ4n) is 5.32. The van der Waals surface area contributed by atoms with Crippen molar-refractivity contribution in [2.45, 2.75) is 47.0 Å². The highest BCUT2D eigenvalue weighted by Gasteiger charge is 2.73. The van der Waals surface area contributed by atoms with Gasteiger partial charge in [0.1, 0.15) is 22.2 Å². The molecule has 1 amide bonds. The predicted octanol–water partition coefficient (Wildman–Crippen LogP) is 6.81. The van der Waals surface area contributed by atoms with Gasteiger partial charge < -0.3 is 9.64 Å². The summed E-state index contributed by atoms with van der Waals surface area (Å²) in [7, 11) is -1.64. The van der Waals surface area contributed by atoms with Crippen molar-refractivity contribution in [3.8, 4) is 0 Å². The maximum absolute atomic E-state index is 14.3. The molecule has 0 spiro atoms. The van der Waals surface area contributed by atoms with Gasteiger partial charge in [0.25, 0.3) is 5.60 Å². The van der Waals surface area contributed by atoms with Crippen LogP contribution < -0.4 is 0 Å². The molecule has 1 aliphatic rings. The number of hydrogen-bond donors (Lipinski definition) is 0. The lowest BCUT2D eigenvalue weighted by atomic mass is 9.69. The number of halogens is 9. The number of hydrogen-bond acceptors (Lipinski definition) is 4. The monoisotopic (exact) mass is 653 g/mol. The Bertz CT molecular complexity index is 1590. The Labute approximate surface area is 246 Å². The second kappa shape index (κ2) is 11.4. The van der Waals surface area contributed by atoms with E-state index in [0.717, 1.165) is 42.5 Å². The molecule has 0 unspecified atom stereocenters. The average molecular weight is 654 g/mol. The molecule has 1 fully saturated rings. The molecule has 0 heterocycles. The first-order valence-corrected chi connectivity index (χ1v) is 14.3. The van der Waals surface area contributed by atoms with Crippen molar-refractivity contribution in [1.29, 1.82) is 0 Å². The minimum absolute atomic E-state index is 0.230. The Hall–Kier alpha value is -3.59. The predicted molar refractivity (Wildman–Crippen MR) is 138 cm³/mol. The summed E-state index contributed by atoms with van der Waals surface area (Å²) in [5, 5.41) is 0. The van der Waals surface area contributed by atoms with Crippen molar-refractivity contribution in [2.24, 2.45) is 5.92 Å². The first-order valence-electron chi connectivity index (χ1n) is 12.8. The third-order valence-corrected chi connectivity index (χ3v) is 10.2. The number of rotatable bonds is 8. The van der Waals surface area contributed by atoms with Crippen molar-refractivity contribution >= 4 is 15.7 Å². The zero-order valence-corrected chi connectivity index (χ0v) is 23.8. The molecule has 0 bridgehead atoms. The Kier molecular flexibility index (Phi) is 8.63. The zero-order chi connectivity index (χ0) is 32.9. The number of nitrogens with zero attached hydrogens (tertiary/aromatic N) is 1. The van der Waals surface area contributed by atoms with Crippen LogP contribution in [0.4, 0.5) is 39.5 Å². The molecule has 3 aromatic carbocycles. The topological polar surface area (TPSA) is 63.7 Å². The molecule has 238 valence electrons. The van der Waals surface area contributed by atoms with Crippen LogP contribution in [0.3, 0.4) is 0 Å². The Morgan fingerprint density at radius 2 is 1.34 bits per heavy atom. The summed E-state index contributed by atoms with van der Waals surface area (Å²) in [4.78, 5) is 13.4. The van der Waals surface area contributed by atoms with Crippen LogP contribution in [0, 0.1) is 23.4 Å². The molecule has 4 rings (SSSR count). The molecule has 0 atom stereocenters. The molecule has 1 saturated carbocycles. The van der Waals surface area contributed by atoms with E-state index >= 15 is 0 Å². The zero-order valence-electron chi connectivity index (χ0n) is 22.9. The second-order valence-electron chi connectivity index (χ2n) is 10.5. The fraction of sp³-hybridized carbons (Fsp3) is 0.345. The highest BCUT2D eigenvalue weighted by Crippen LogP contribution is 2.56. The lowest BCUT2D eigenvalue weighted by Crippen LogP contribution is -2.56. The van der Waals surface area contributed by atoms with Gasteiger partial charge in [-0.15, -0.1) is 0 Å². The molecule has 0 radical (unpaired) electrons. The van der Waals surface area contributed by atoms with Crippen LogP contribution >= 0.6 is 0 Å². The van der Waals surface area contributed by atoms with E-state index in [9.17, 15) is 52.7 Å². The molecule has 44 heavy (non-hydrogen) atoms. The summed E-state index contributed by atoms with van der Waals surface area (Å²) < 4.78 is 158. The van der Waals surface area contributed by atoms with Crippen LogP contribution in [0.25, 0.3) is 0 Å². The molecule has 15 heteroatoms. The molecule has 0 saturated heterocycles. The maximum Gasteiger partial charge on any atom is 0.430 e. The fourth-order valence-corrected chi connectivity index (χ4v) is 7.55. The highest BCUT2D eigenvalue weighted by molar-refractivity contribution is 7.92. The van der Waals surface area contributed by atoms with Crippen molar-refractivity contribution in [1.82, 2.24) is 4.90 Å². The number of alkyl halides is 6. The first kappa shape index (κ1) is 33.3.